The molecule has 3 rings (SSSR count). The molecule has 2 aromatic rings. The Balaban J connectivity index is 2.24. The van der Waals surface area contributed by atoms with Crippen LogP contribution in [0.15, 0.2) is 28.0 Å². The Labute approximate surface area is 109 Å². The lowest BCUT2D eigenvalue weighted by Crippen LogP contribution is -2.20. The summed E-state index contributed by atoms with van der Waals surface area (Å²) >= 11 is 0. The number of nitrogens with one attached hydrogen (secondary N) is 1. The van der Waals surface area contributed by atoms with Gasteiger partial charge < -0.3 is 14.9 Å². The van der Waals surface area contributed by atoms with Gasteiger partial charge in [0.1, 0.15) is 23.2 Å². The van der Waals surface area contributed by atoms with Crippen LogP contribution in [0.3, 0.4) is 0 Å². The average molecular weight is 256 g/mol. The van der Waals surface area contributed by atoms with E-state index in [2.05, 4.69) is 16.3 Å². The summed E-state index contributed by atoms with van der Waals surface area (Å²) < 4.78 is 11.0. The number of rotatable bonds is 1. The SMILES string of the molecule is Cc1ccc(C2C(C#N)=C(N)Oc3n[nH]c(C)c32)o1. The topological polar surface area (TPSA) is 101 Å². The van der Waals surface area contributed by atoms with E-state index in [1.54, 1.807) is 0 Å². The number of H-pyrrole nitrogens is 1. The Morgan fingerprint density at radius 3 is 2.84 bits per heavy atom. The summed E-state index contributed by atoms with van der Waals surface area (Å²) in [6.07, 6.45) is 0. The highest BCUT2D eigenvalue weighted by molar-refractivity contribution is 5.53. The van der Waals surface area contributed by atoms with Crippen LogP contribution in [0.25, 0.3) is 0 Å². The van der Waals surface area contributed by atoms with Gasteiger partial charge in [0.15, 0.2) is 0 Å². The lowest BCUT2D eigenvalue weighted by atomic mass is 9.88. The van der Waals surface area contributed by atoms with Crippen molar-refractivity contribution in [2.24, 2.45) is 5.73 Å². The molecule has 1 atom stereocenters. The molecule has 6 nitrogen and oxygen atoms in total. The van der Waals surface area contributed by atoms with Crippen molar-refractivity contribution in [1.29, 1.82) is 5.26 Å². The van der Waals surface area contributed by atoms with Gasteiger partial charge in [-0.25, -0.2) is 0 Å². The van der Waals surface area contributed by atoms with Crippen LogP contribution in [0.4, 0.5) is 0 Å². The van der Waals surface area contributed by atoms with Crippen molar-refractivity contribution in [3.05, 3.63) is 46.4 Å². The maximum atomic E-state index is 9.31. The third kappa shape index (κ3) is 1.59. The van der Waals surface area contributed by atoms with E-state index >= 15 is 0 Å². The second-order valence-electron chi connectivity index (χ2n) is 4.44. The van der Waals surface area contributed by atoms with Crippen molar-refractivity contribution in [1.82, 2.24) is 10.2 Å². The fraction of sp³-hybridized carbons (Fsp3) is 0.231. The molecule has 0 saturated heterocycles. The summed E-state index contributed by atoms with van der Waals surface area (Å²) in [6.45, 7) is 3.72. The van der Waals surface area contributed by atoms with Crippen molar-refractivity contribution in [2.75, 3.05) is 0 Å². The smallest absolute Gasteiger partial charge is 0.244 e. The quantitative estimate of drug-likeness (QED) is 0.810. The van der Waals surface area contributed by atoms with Crippen molar-refractivity contribution >= 4 is 0 Å². The van der Waals surface area contributed by atoms with Crippen LogP contribution in [0.1, 0.15) is 28.7 Å². The summed E-state index contributed by atoms with van der Waals surface area (Å²) in [4.78, 5) is 0. The zero-order valence-corrected chi connectivity index (χ0v) is 10.5. The van der Waals surface area contributed by atoms with Crippen molar-refractivity contribution in [2.45, 2.75) is 19.8 Å². The first kappa shape index (κ1) is 11.4. The molecule has 19 heavy (non-hydrogen) atoms. The van der Waals surface area contributed by atoms with Crippen LogP contribution >= 0.6 is 0 Å². The molecule has 0 amide bonds. The first-order valence-corrected chi connectivity index (χ1v) is 5.80. The molecule has 96 valence electrons. The van der Waals surface area contributed by atoms with Crippen molar-refractivity contribution < 1.29 is 9.15 Å². The molecule has 1 aliphatic heterocycles. The zero-order chi connectivity index (χ0) is 13.6. The Kier molecular flexibility index (Phi) is 2.35. The third-order valence-corrected chi connectivity index (χ3v) is 3.18. The molecule has 0 fully saturated rings. The molecular weight excluding hydrogens is 244 g/mol. The number of nitrogens with zero attached hydrogens (tertiary/aromatic N) is 2. The van der Waals surface area contributed by atoms with Gasteiger partial charge in [0.25, 0.3) is 0 Å². The minimum Gasteiger partial charge on any atom is -0.465 e. The molecule has 3 heterocycles. The number of ether oxygens (including phenoxy) is 1. The Bertz CT molecular complexity index is 717. The number of hydrogen-bond donors (Lipinski definition) is 2. The molecule has 0 radical (unpaired) electrons. The van der Waals surface area contributed by atoms with E-state index in [0.29, 0.717) is 17.2 Å². The fourth-order valence-corrected chi connectivity index (χ4v) is 2.29. The van der Waals surface area contributed by atoms with E-state index in [1.807, 2.05) is 26.0 Å². The first-order chi connectivity index (χ1) is 9.11. The van der Waals surface area contributed by atoms with Gasteiger partial charge in [-0.1, -0.05) is 0 Å². The van der Waals surface area contributed by atoms with E-state index in [-0.39, 0.29) is 11.8 Å². The molecule has 2 aromatic heterocycles. The molecule has 1 aliphatic rings. The number of aromatic amines is 1. The van der Waals surface area contributed by atoms with Crippen LogP contribution in [-0.4, -0.2) is 10.2 Å². The van der Waals surface area contributed by atoms with E-state index in [4.69, 9.17) is 14.9 Å². The van der Waals surface area contributed by atoms with Crippen LogP contribution in [0.5, 0.6) is 5.88 Å². The molecular formula is C13H12N4O2. The number of nitriles is 1. The largest absolute Gasteiger partial charge is 0.465 e. The Morgan fingerprint density at radius 1 is 1.42 bits per heavy atom. The number of aryl methyl sites for hydroxylation is 2. The minimum atomic E-state index is -0.374. The minimum absolute atomic E-state index is 0.0700. The van der Waals surface area contributed by atoms with E-state index in [9.17, 15) is 5.26 Å². The number of aromatic nitrogens is 2. The van der Waals surface area contributed by atoms with Gasteiger partial charge >= 0.3 is 0 Å². The van der Waals surface area contributed by atoms with Crippen molar-refractivity contribution in [3.63, 3.8) is 0 Å². The second kappa shape index (κ2) is 3.92. The predicted octanol–water partition coefficient (Wildman–Crippen LogP) is 1.84. The molecule has 0 saturated carbocycles. The van der Waals surface area contributed by atoms with Gasteiger partial charge in [0.05, 0.1) is 11.5 Å². The highest BCUT2D eigenvalue weighted by Crippen LogP contribution is 2.42. The lowest BCUT2D eigenvalue weighted by Gasteiger charge is -2.21. The monoisotopic (exact) mass is 256 g/mol. The van der Waals surface area contributed by atoms with Gasteiger partial charge in [-0.3, -0.25) is 5.10 Å². The molecule has 0 spiro atoms. The summed E-state index contributed by atoms with van der Waals surface area (Å²) in [5, 5.41) is 16.2. The molecule has 0 aliphatic carbocycles. The standard InChI is InChI=1S/C13H12N4O2/c1-6-3-4-9(18-6)11-8(5-14)12(15)19-13-10(11)7(2)16-17-13/h3-4,11H,15H2,1-2H3,(H,16,17). The third-order valence-electron chi connectivity index (χ3n) is 3.18. The van der Waals surface area contributed by atoms with Crippen LogP contribution in [0.2, 0.25) is 0 Å². The highest BCUT2D eigenvalue weighted by atomic mass is 16.5. The van der Waals surface area contributed by atoms with E-state index in [0.717, 1.165) is 17.0 Å². The van der Waals surface area contributed by atoms with E-state index < -0.39 is 0 Å². The van der Waals surface area contributed by atoms with Gasteiger partial charge in [0.2, 0.25) is 11.8 Å². The summed E-state index contributed by atoms with van der Waals surface area (Å²) in [6, 6.07) is 5.79. The van der Waals surface area contributed by atoms with Gasteiger partial charge in [-0.2, -0.15) is 5.26 Å². The normalized spacial score (nSPS) is 17.8. The number of hydrogen-bond acceptors (Lipinski definition) is 5. The predicted molar refractivity (Wildman–Crippen MR) is 66.1 cm³/mol. The Morgan fingerprint density at radius 2 is 2.21 bits per heavy atom. The average Bonchev–Trinajstić information content (AvgIpc) is 2.95. The van der Waals surface area contributed by atoms with Gasteiger partial charge in [-0.15, -0.1) is 5.10 Å². The molecule has 0 bridgehead atoms. The van der Waals surface area contributed by atoms with Gasteiger partial charge in [0, 0.05) is 5.69 Å². The zero-order valence-electron chi connectivity index (χ0n) is 10.5. The lowest BCUT2D eigenvalue weighted by molar-refractivity contribution is 0.369. The second-order valence-corrected chi connectivity index (χ2v) is 4.44. The van der Waals surface area contributed by atoms with Crippen molar-refractivity contribution in [3.8, 4) is 11.9 Å². The fourth-order valence-electron chi connectivity index (χ4n) is 2.29. The summed E-state index contributed by atoms with van der Waals surface area (Å²) in [5.74, 6) is 1.53. The number of furan rings is 1. The number of allylic oxidation sites excluding steroid dienone is 1. The highest BCUT2D eigenvalue weighted by Gasteiger charge is 2.35. The maximum absolute atomic E-state index is 9.31. The molecule has 1 unspecified atom stereocenters. The maximum Gasteiger partial charge on any atom is 0.244 e. The number of nitrogens with two attached hydrogens (primary N) is 1. The van der Waals surface area contributed by atoms with E-state index in [1.165, 1.54) is 0 Å². The van der Waals surface area contributed by atoms with Crippen LogP contribution < -0.4 is 10.5 Å². The van der Waals surface area contributed by atoms with Crippen LogP contribution in [0, 0.1) is 25.2 Å². The van der Waals surface area contributed by atoms with Gasteiger partial charge in [-0.05, 0) is 26.0 Å². The molecule has 6 heteroatoms. The molecule has 3 N–H and O–H groups in total. The molecule has 0 aromatic carbocycles. The summed E-state index contributed by atoms with van der Waals surface area (Å²) in [7, 11) is 0. The summed E-state index contributed by atoms with van der Waals surface area (Å²) in [5.41, 5.74) is 7.75. The first-order valence-electron chi connectivity index (χ1n) is 5.80. The number of fused-ring (bicyclic) bond motifs is 1. The van der Waals surface area contributed by atoms with Crippen LogP contribution in [-0.2, 0) is 0 Å². The Hall–Kier alpha value is -2.68.